The number of hydrogen-bond acceptors (Lipinski definition) is 3. The lowest BCUT2D eigenvalue weighted by atomic mass is 9.95. The molecule has 31 heavy (non-hydrogen) atoms. The number of rotatable bonds is 7. The van der Waals surface area contributed by atoms with Crippen LogP contribution in [0.4, 0.5) is 0 Å². The van der Waals surface area contributed by atoms with Crippen LogP contribution >= 0.6 is 11.6 Å². The van der Waals surface area contributed by atoms with Gasteiger partial charge >= 0.3 is 0 Å². The van der Waals surface area contributed by atoms with Crippen LogP contribution in [0.15, 0.2) is 41.3 Å². The Kier molecular flexibility index (Phi) is 7.78. The van der Waals surface area contributed by atoms with E-state index < -0.39 is 10.0 Å². The first-order chi connectivity index (χ1) is 14.7. The van der Waals surface area contributed by atoms with E-state index in [0.717, 1.165) is 54.4 Å². The van der Waals surface area contributed by atoms with Gasteiger partial charge in [-0.15, -0.1) is 0 Å². The molecule has 0 unspecified atom stereocenters. The Balaban J connectivity index is 1.86. The average Bonchev–Trinajstić information content (AvgIpc) is 2.71. The molecule has 1 fully saturated rings. The highest BCUT2D eigenvalue weighted by Gasteiger charge is 2.35. The first kappa shape index (κ1) is 23.8. The van der Waals surface area contributed by atoms with E-state index in [9.17, 15) is 13.2 Å². The smallest absolute Gasteiger partial charge is 0.244 e. The van der Waals surface area contributed by atoms with Crippen molar-refractivity contribution in [3.05, 3.63) is 63.7 Å². The normalized spacial score (nSPS) is 15.3. The van der Waals surface area contributed by atoms with Crippen LogP contribution in [0.25, 0.3) is 0 Å². The maximum Gasteiger partial charge on any atom is 0.244 e. The fourth-order valence-electron chi connectivity index (χ4n) is 4.50. The third kappa shape index (κ3) is 5.68. The van der Waals surface area contributed by atoms with Crippen LogP contribution in [0.5, 0.6) is 0 Å². The van der Waals surface area contributed by atoms with Crippen molar-refractivity contribution in [3.63, 3.8) is 0 Å². The van der Waals surface area contributed by atoms with Crippen molar-refractivity contribution in [2.75, 3.05) is 6.54 Å². The lowest BCUT2D eigenvalue weighted by Gasteiger charge is -2.33. The topological polar surface area (TPSA) is 66.5 Å². The first-order valence-corrected chi connectivity index (χ1v) is 12.6. The van der Waals surface area contributed by atoms with E-state index in [-0.39, 0.29) is 25.0 Å². The minimum Gasteiger partial charge on any atom is -0.351 e. The Morgan fingerprint density at radius 3 is 2.29 bits per heavy atom. The molecule has 0 atom stereocenters. The predicted molar refractivity (Wildman–Crippen MR) is 125 cm³/mol. The monoisotopic (exact) mass is 462 g/mol. The molecule has 1 aliphatic carbocycles. The van der Waals surface area contributed by atoms with Gasteiger partial charge in [-0.3, -0.25) is 4.79 Å². The van der Waals surface area contributed by atoms with Crippen molar-refractivity contribution in [3.8, 4) is 0 Å². The summed E-state index contributed by atoms with van der Waals surface area (Å²) in [6, 6.07) is 10.9. The zero-order chi connectivity index (χ0) is 22.6. The van der Waals surface area contributed by atoms with E-state index in [0.29, 0.717) is 9.92 Å². The van der Waals surface area contributed by atoms with Gasteiger partial charge in [0.05, 0.1) is 11.4 Å². The second-order valence-electron chi connectivity index (χ2n) is 8.44. The summed E-state index contributed by atoms with van der Waals surface area (Å²) in [6.45, 7) is 5.67. The van der Waals surface area contributed by atoms with E-state index in [2.05, 4.69) is 5.32 Å². The summed E-state index contributed by atoms with van der Waals surface area (Å²) < 4.78 is 29.0. The van der Waals surface area contributed by atoms with Gasteiger partial charge in [-0.1, -0.05) is 66.8 Å². The van der Waals surface area contributed by atoms with E-state index in [1.54, 1.807) is 6.07 Å². The number of sulfonamides is 1. The molecule has 7 heteroatoms. The van der Waals surface area contributed by atoms with Crippen molar-refractivity contribution >= 4 is 27.5 Å². The molecule has 1 saturated carbocycles. The van der Waals surface area contributed by atoms with Gasteiger partial charge in [0.2, 0.25) is 15.9 Å². The lowest BCUT2D eigenvalue weighted by Crippen LogP contribution is -2.47. The van der Waals surface area contributed by atoms with Gasteiger partial charge < -0.3 is 5.32 Å². The van der Waals surface area contributed by atoms with E-state index >= 15 is 0 Å². The van der Waals surface area contributed by atoms with Crippen LogP contribution in [-0.4, -0.2) is 31.2 Å². The molecule has 1 N–H and O–H groups in total. The number of carbonyl (C=O) groups is 1. The highest BCUT2D eigenvalue weighted by atomic mass is 35.5. The van der Waals surface area contributed by atoms with E-state index in [1.165, 1.54) is 4.31 Å². The second kappa shape index (κ2) is 10.2. The van der Waals surface area contributed by atoms with E-state index in [4.69, 9.17) is 11.6 Å². The molecular formula is C24H31ClN2O3S. The molecule has 3 rings (SSSR count). The number of carbonyl (C=O) groups excluding carboxylic acids is 1. The van der Waals surface area contributed by atoms with Gasteiger partial charge in [-0.05, 0) is 56.4 Å². The van der Waals surface area contributed by atoms with Crippen LogP contribution in [0.1, 0.15) is 54.4 Å². The highest BCUT2D eigenvalue weighted by molar-refractivity contribution is 7.89. The molecule has 0 bridgehead atoms. The molecule has 1 aliphatic rings. The Morgan fingerprint density at radius 2 is 1.68 bits per heavy atom. The van der Waals surface area contributed by atoms with Crippen LogP contribution in [-0.2, 0) is 21.4 Å². The SMILES string of the molecule is Cc1cc(C)c(S(=O)(=O)N(CC(=O)NCc2ccccc2Cl)C2CCCCC2)c(C)c1. The van der Waals surface area contributed by atoms with Gasteiger partial charge in [0.1, 0.15) is 0 Å². The van der Waals surface area contributed by atoms with E-state index in [1.807, 2.05) is 51.1 Å². The van der Waals surface area contributed by atoms with Crippen molar-refractivity contribution < 1.29 is 13.2 Å². The summed E-state index contributed by atoms with van der Waals surface area (Å²) in [5.41, 5.74) is 3.26. The Bertz CT molecular complexity index is 1020. The zero-order valence-corrected chi connectivity index (χ0v) is 20.0. The molecule has 0 radical (unpaired) electrons. The second-order valence-corrected chi connectivity index (χ2v) is 10.7. The molecule has 0 heterocycles. The number of hydrogen-bond donors (Lipinski definition) is 1. The molecule has 0 saturated heterocycles. The molecule has 0 aliphatic heterocycles. The maximum absolute atomic E-state index is 13.8. The molecule has 2 aromatic carbocycles. The van der Waals surface area contributed by atoms with Crippen molar-refractivity contribution in [1.29, 1.82) is 0 Å². The van der Waals surface area contributed by atoms with Crippen LogP contribution in [0.2, 0.25) is 5.02 Å². The predicted octanol–water partition coefficient (Wildman–Crippen LogP) is 4.91. The van der Waals surface area contributed by atoms with Gasteiger partial charge in [-0.25, -0.2) is 8.42 Å². The first-order valence-electron chi connectivity index (χ1n) is 10.8. The average molecular weight is 463 g/mol. The number of aryl methyl sites for hydroxylation is 3. The van der Waals surface area contributed by atoms with Gasteiger partial charge in [0.15, 0.2) is 0 Å². The largest absolute Gasteiger partial charge is 0.351 e. The third-order valence-corrected chi connectivity index (χ3v) is 8.46. The number of nitrogens with zero attached hydrogens (tertiary/aromatic N) is 1. The summed E-state index contributed by atoms with van der Waals surface area (Å²) in [5, 5.41) is 3.42. The van der Waals surface area contributed by atoms with Crippen LogP contribution in [0.3, 0.4) is 0 Å². The van der Waals surface area contributed by atoms with Crippen LogP contribution in [0, 0.1) is 20.8 Å². The summed E-state index contributed by atoms with van der Waals surface area (Å²) in [4.78, 5) is 13.1. The number of halogens is 1. The minimum atomic E-state index is -3.82. The Labute approximate surface area is 190 Å². The van der Waals surface area contributed by atoms with Gasteiger partial charge in [-0.2, -0.15) is 4.31 Å². The fourth-order valence-corrected chi connectivity index (χ4v) is 6.76. The summed E-state index contributed by atoms with van der Waals surface area (Å²) in [5.74, 6) is -0.323. The molecule has 0 aromatic heterocycles. The third-order valence-electron chi connectivity index (χ3n) is 5.89. The Hall–Kier alpha value is -1.89. The van der Waals surface area contributed by atoms with Crippen LogP contribution < -0.4 is 5.32 Å². The molecular weight excluding hydrogens is 432 g/mol. The standard InChI is InChI=1S/C24H31ClN2O3S/c1-17-13-18(2)24(19(3)14-17)31(29,30)27(21-10-5-4-6-11-21)16-23(28)26-15-20-9-7-8-12-22(20)25/h7-9,12-14,21H,4-6,10-11,15-16H2,1-3H3,(H,26,28). The molecule has 5 nitrogen and oxygen atoms in total. The minimum absolute atomic E-state index is 0.162. The lowest BCUT2D eigenvalue weighted by molar-refractivity contribution is -0.121. The van der Waals surface area contributed by atoms with Gasteiger partial charge in [0, 0.05) is 17.6 Å². The zero-order valence-electron chi connectivity index (χ0n) is 18.4. The molecule has 0 spiro atoms. The number of amides is 1. The Morgan fingerprint density at radius 1 is 1.06 bits per heavy atom. The van der Waals surface area contributed by atoms with Crippen molar-refractivity contribution in [2.24, 2.45) is 0 Å². The molecule has 2 aromatic rings. The quantitative estimate of drug-likeness (QED) is 0.636. The summed E-state index contributed by atoms with van der Waals surface area (Å²) >= 11 is 6.18. The van der Waals surface area contributed by atoms with Crippen molar-refractivity contribution in [1.82, 2.24) is 9.62 Å². The highest BCUT2D eigenvalue weighted by Crippen LogP contribution is 2.31. The number of nitrogens with one attached hydrogen (secondary N) is 1. The maximum atomic E-state index is 13.8. The summed E-state index contributed by atoms with van der Waals surface area (Å²) in [6.07, 6.45) is 4.61. The number of benzene rings is 2. The molecule has 168 valence electrons. The van der Waals surface area contributed by atoms with Gasteiger partial charge in [0.25, 0.3) is 0 Å². The van der Waals surface area contributed by atoms with Crippen molar-refractivity contribution in [2.45, 2.75) is 70.4 Å². The summed E-state index contributed by atoms with van der Waals surface area (Å²) in [7, 11) is -3.82. The molecule has 1 amide bonds. The fraction of sp³-hybridized carbons (Fsp3) is 0.458.